The minimum Gasteiger partial charge on any atom is -0.481 e. The highest BCUT2D eigenvalue weighted by molar-refractivity contribution is 6.53. The Balaban J connectivity index is 3.32. The molecule has 0 radical (unpaired) electrons. The van der Waals surface area contributed by atoms with Crippen molar-refractivity contribution in [3.05, 3.63) is 0 Å². The zero-order chi connectivity index (χ0) is 9.56. The molecule has 6 heteroatoms. The van der Waals surface area contributed by atoms with Gasteiger partial charge in [-0.05, 0) is 6.42 Å². The van der Waals surface area contributed by atoms with E-state index in [-0.39, 0.29) is 13.0 Å². The summed E-state index contributed by atoms with van der Waals surface area (Å²) in [4.78, 5) is 19.6. The fourth-order valence-electron chi connectivity index (χ4n) is 0.528. The predicted octanol–water partition coefficient (Wildman–Crippen LogP) is 0.771. The number of halogens is 2. The number of rotatable bonds is 5. The SMILES string of the molecule is O=C(O)CCCNC(=O)C(Cl)Cl. The van der Waals surface area contributed by atoms with Crippen LogP contribution in [-0.2, 0) is 9.59 Å². The van der Waals surface area contributed by atoms with Gasteiger partial charge in [-0.15, -0.1) is 0 Å². The first-order valence-electron chi connectivity index (χ1n) is 3.31. The van der Waals surface area contributed by atoms with E-state index in [4.69, 9.17) is 28.3 Å². The summed E-state index contributed by atoms with van der Waals surface area (Å²) >= 11 is 10.4. The topological polar surface area (TPSA) is 66.4 Å². The maximum atomic E-state index is 10.7. The van der Waals surface area contributed by atoms with E-state index in [1.807, 2.05) is 0 Å². The van der Waals surface area contributed by atoms with Gasteiger partial charge in [0.05, 0.1) is 0 Å². The third-order valence-corrected chi connectivity index (χ3v) is 1.46. The van der Waals surface area contributed by atoms with E-state index < -0.39 is 16.7 Å². The van der Waals surface area contributed by atoms with E-state index in [1.54, 1.807) is 0 Å². The average molecular weight is 214 g/mol. The van der Waals surface area contributed by atoms with Crippen LogP contribution in [0.2, 0.25) is 0 Å². The Morgan fingerprint density at radius 1 is 1.42 bits per heavy atom. The van der Waals surface area contributed by atoms with Crippen LogP contribution in [0, 0.1) is 0 Å². The molecule has 1 amide bonds. The summed E-state index contributed by atoms with van der Waals surface area (Å²) in [6.45, 7) is 0.279. The molecule has 70 valence electrons. The van der Waals surface area contributed by atoms with Crippen LogP contribution in [0.15, 0.2) is 0 Å². The standard InChI is InChI=1S/C6H9Cl2NO3/c7-5(8)6(12)9-3-1-2-4(10)11/h5H,1-3H2,(H,9,12)(H,10,11). The number of carboxylic acid groups (broad SMARTS) is 1. The molecule has 2 N–H and O–H groups in total. The first kappa shape index (κ1) is 11.5. The molecule has 0 bridgehead atoms. The highest BCUT2D eigenvalue weighted by Crippen LogP contribution is 2.00. The summed E-state index contributed by atoms with van der Waals surface area (Å²) in [6, 6.07) is 0. The van der Waals surface area contributed by atoms with Gasteiger partial charge in [0.15, 0.2) is 4.84 Å². The van der Waals surface area contributed by atoms with E-state index in [2.05, 4.69) is 5.32 Å². The maximum absolute atomic E-state index is 10.7. The average Bonchev–Trinajstić information content (AvgIpc) is 1.97. The fourth-order valence-corrected chi connectivity index (χ4v) is 0.683. The highest BCUT2D eigenvalue weighted by Gasteiger charge is 2.09. The first-order valence-corrected chi connectivity index (χ1v) is 4.19. The Labute approximate surface area is 79.8 Å². The Kier molecular flexibility index (Phi) is 5.84. The smallest absolute Gasteiger partial charge is 0.303 e. The third kappa shape index (κ3) is 6.24. The van der Waals surface area contributed by atoms with Crippen LogP contribution in [0.5, 0.6) is 0 Å². The molecule has 0 unspecified atom stereocenters. The normalized spacial score (nSPS) is 9.92. The summed E-state index contributed by atoms with van der Waals surface area (Å²) in [7, 11) is 0. The first-order chi connectivity index (χ1) is 5.54. The molecule has 4 nitrogen and oxygen atoms in total. The van der Waals surface area contributed by atoms with Crippen molar-refractivity contribution < 1.29 is 14.7 Å². The van der Waals surface area contributed by atoms with Crippen molar-refractivity contribution in [1.29, 1.82) is 0 Å². The lowest BCUT2D eigenvalue weighted by Crippen LogP contribution is -2.29. The molecular weight excluding hydrogens is 205 g/mol. The van der Waals surface area contributed by atoms with Crippen LogP contribution in [0.1, 0.15) is 12.8 Å². The van der Waals surface area contributed by atoms with E-state index >= 15 is 0 Å². The number of hydrogen-bond donors (Lipinski definition) is 2. The summed E-state index contributed by atoms with van der Waals surface area (Å²) in [5.41, 5.74) is 0. The number of hydrogen-bond acceptors (Lipinski definition) is 2. The number of carbonyl (C=O) groups is 2. The molecule has 0 aliphatic carbocycles. The van der Waals surface area contributed by atoms with Crippen molar-refractivity contribution >= 4 is 35.1 Å². The van der Waals surface area contributed by atoms with Crippen LogP contribution >= 0.6 is 23.2 Å². The minimum absolute atomic E-state index is 0.0233. The molecule has 0 saturated carbocycles. The zero-order valence-corrected chi connectivity index (χ0v) is 7.73. The molecule has 0 spiro atoms. The summed E-state index contributed by atoms with van der Waals surface area (Å²) in [6.07, 6.45) is 0.400. The summed E-state index contributed by atoms with van der Waals surface area (Å²) in [5, 5.41) is 10.6. The Morgan fingerprint density at radius 2 is 2.00 bits per heavy atom. The van der Waals surface area contributed by atoms with Crippen LogP contribution in [0.3, 0.4) is 0 Å². The number of nitrogens with one attached hydrogen (secondary N) is 1. The lowest BCUT2D eigenvalue weighted by molar-refractivity contribution is -0.137. The molecule has 12 heavy (non-hydrogen) atoms. The highest BCUT2D eigenvalue weighted by atomic mass is 35.5. The Morgan fingerprint density at radius 3 is 2.42 bits per heavy atom. The van der Waals surface area contributed by atoms with Crippen molar-refractivity contribution in [3.8, 4) is 0 Å². The molecular formula is C6H9Cl2NO3. The predicted molar refractivity (Wildman–Crippen MR) is 45.4 cm³/mol. The zero-order valence-electron chi connectivity index (χ0n) is 6.22. The molecule has 0 heterocycles. The molecule has 0 saturated heterocycles. The third-order valence-electron chi connectivity index (χ3n) is 1.06. The van der Waals surface area contributed by atoms with Gasteiger partial charge < -0.3 is 10.4 Å². The lowest BCUT2D eigenvalue weighted by Gasteiger charge is -2.03. The van der Waals surface area contributed by atoms with Gasteiger partial charge in [-0.2, -0.15) is 0 Å². The molecule has 0 aromatic carbocycles. The summed E-state index contributed by atoms with van der Waals surface area (Å²) < 4.78 is 0. The second-order valence-corrected chi connectivity index (χ2v) is 3.19. The van der Waals surface area contributed by atoms with Gasteiger partial charge >= 0.3 is 5.97 Å². The van der Waals surface area contributed by atoms with Crippen LogP contribution in [-0.4, -0.2) is 28.4 Å². The largest absolute Gasteiger partial charge is 0.481 e. The maximum Gasteiger partial charge on any atom is 0.303 e. The van der Waals surface area contributed by atoms with E-state index in [1.165, 1.54) is 0 Å². The molecule has 0 aromatic heterocycles. The van der Waals surface area contributed by atoms with Gasteiger partial charge in [0.2, 0.25) is 0 Å². The van der Waals surface area contributed by atoms with Crippen LogP contribution in [0.4, 0.5) is 0 Å². The van der Waals surface area contributed by atoms with Gasteiger partial charge in [0, 0.05) is 13.0 Å². The van der Waals surface area contributed by atoms with Gasteiger partial charge in [-0.25, -0.2) is 0 Å². The number of amides is 1. The van der Waals surface area contributed by atoms with Crippen molar-refractivity contribution in [3.63, 3.8) is 0 Å². The number of carbonyl (C=O) groups excluding carboxylic acids is 1. The monoisotopic (exact) mass is 213 g/mol. The Hall–Kier alpha value is -0.480. The quantitative estimate of drug-likeness (QED) is 0.524. The van der Waals surface area contributed by atoms with Crippen molar-refractivity contribution in [2.45, 2.75) is 17.7 Å². The second kappa shape index (κ2) is 6.08. The lowest BCUT2D eigenvalue weighted by atomic mass is 10.3. The van der Waals surface area contributed by atoms with Gasteiger partial charge in [-0.3, -0.25) is 9.59 Å². The van der Waals surface area contributed by atoms with Crippen molar-refractivity contribution in [1.82, 2.24) is 5.32 Å². The number of aliphatic carboxylic acids is 1. The van der Waals surface area contributed by atoms with Crippen molar-refractivity contribution in [2.24, 2.45) is 0 Å². The molecule has 0 fully saturated rings. The van der Waals surface area contributed by atoms with Gasteiger partial charge in [0.25, 0.3) is 5.91 Å². The molecule has 0 aliphatic heterocycles. The van der Waals surface area contributed by atoms with E-state index in [9.17, 15) is 9.59 Å². The van der Waals surface area contributed by atoms with Crippen LogP contribution in [0.25, 0.3) is 0 Å². The fraction of sp³-hybridized carbons (Fsp3) is 0.667. The molecule has 0 aromatic rings. The summed E-state index contributed by atoms with van der Waals surface area (Å²) in [5.74, 6) is -1.39. The van der Waals surface area contributed by atoms with Crippen LogP contribution < -0.4 is 5.32 Å². The minimum atomic E-state index is -1.09. The van der Waals surface area contributed by atoms with Crippen molar-refractivity contribution in [2.75, 3.05) is 6.54 Å². The van der Waals surface area contributed by atoms with Gasteiger partial charge in [0.1, 0.15) is 0 Å². The number of carboxylic acids is 1. The van der Waals surface area contributed by atoms with E-state index in [0.717, 1.165) is 0 Å². The molecule has 0 aliphatic rings. The Bertz CT molecular complexity index is 172. The van der Waals surface area contributed by atoms with E-state index in [0.29, 0.717) is 6.42 Å². The molecule has 0 rings (SSSR count). The van der Waals surface area contributed by atoms with Gasteiger partial charge in [-0.1, -0.05) is 23.2 Å². The molecule has 0 atom stereocenters. The second-order valence-electron chi connectivity index (χ2n) is 2.09. The number of alkyl halides is 2.